The molecular formula is C19H40. The predicted octanol–water partition coefficient (Wildman–Crippen LogP) is 7.51. The van der Waals surface area contributed by atoms with Crippen molar-refractivity contribution in [3.05, 3.63) is 0 Å². The average Bonchev–Trinajstić information content (AvgIpc) is 2.45. The maximum absolute atomic E-state index is 2.41. The normalized spacial score (nSPS) is 12.0. The minimum atomic E-state index is 0.679. The molecule has 0 heteroatoms. The van der Waals surface area contributed by atoms with Crippen molar-refractivity contribution < 1.29 is 0 Å². The van der Waals surface area contributed by atoms with E-state index in [1.165, 1.54) is 89.9 Å². The Bertz CT molecular complexity index is 167. The molecule has 0 nitrogen and oxygen atoms in total. The van der Waals surface area contributed by atoms with E-state index in [2.05, 4.69) is 27.7 Å². The summed E-state index contributed by atoms with van der Waals surface area (Å²) in [6.07, 6.45) is 20.1. The van der Waals surface area contributed by atoms with Gasteiger partial charge in [-0.2, -0.15) is 0 Å². The molecule has 0 saturated carbocycles. The molecule has 0 N–H and O–H groups in total. The van der Waals surface area contributed by atoms with Crippen LogP contribution in [0.5, 0.6) is 0 Å². The number of hydrogen-bond acceptors (Lipinski definition) is 0. The van der Waals surface area contributed by atoms with Crippen LogP contribution in [0.15, 0.2) is 0 Å². The van der Waals surface area contributed by atoms with Gasteiger partial charge in [0.2, 0.25) is 0 Å². The van der Waals surface area contributed by atoms with Crippen molar-refractivity contribution in [3.8, 4) is 0 Å². The van der Waals surface area contributed by atoms with E-state index in [0.29, 0.717) is 5.41 Å². The fraction of sp³-hybridized carbons (Fsp3) is 1.00. The van der Waals surface area contributed by atoms with Gasteiger partial charge in [0.25, 0.3) is 0 Å². The van der Waals surface area contributed by atoms with Crippen LogP contribution in [0.4, 0.5) is 0 Å². The molecule has 116 valence electrons. The second-order valence-corrected chi connectivity index (χ2v) is 6.54. The Morgan fingerprint density at radius 1 is 0.474 bits per heavy atom. The summed E-state index contributed by atoms with van der Waals surface area (Å²) in [5.41, 5.74) is 0.679. The summed E-state index contributed by atoms with van der Waals surface area (Å²) < 4.78 is 0. The van der Waals surface area contributed by atoms with Gasteiger partial charge in [-0.3, -0.25) is 0 Å². The van der Waals surface area contributed by atoms with Gasteiger partial charge in [-0.05, 0) is 18.3 Å². The fourth-order valence-corrected chi connectivity index (χ4v) is 3.27. The lowest BCUT2D eigenvalue weighted by Gasteiger charge is -2.32. The molecule has 0 atom stereocenters. The summed E-state index contributed by atoms with van der Waals surface area (Å²) in [5, 5.41) is 0. The highest BCUT2D eigenvalue weighted by Crippen LogP contribution is 2.38. The molecule has 0 aromatic rings. The quantitative estimate of drug-likeness (QED) is 0.286. The topological polar surface area (TPSA) is 0 Å². The lowest BCUT2D eigenvalue weighted by Crippen LogP contribution is -2.18. The van der Waals surface area contributed by atoms with E-state index < -0.39 is 0 Å². The van der Waals surface area contributed by atoms with E-state index in [1.807, 2.05) is 0 Å². The molecule has 0 saturated heterocycles. The van der Waals surface area contributed by atoms with E-state index in [1.54, 1.807) is 0 Å². The third kappa shape index (κ3) is 9.52. The Balaban J connectivity index is 3.63. The molecule has 0 aliphatic heterocycles. The lowest BCUT2D eigenvalue weighted by molar-refractivity contribution is 0.204. The van der Waals surface area contributed by atoms with Crippen LogP contribution in [0, 0.1) is 5.41 Å². The maximum Gasteiger partial charge on any atom is -0.0303 e. The predicted molar refractivity (Wildman–Crippen MR) is 89.8 cm³/mol. The number of unbranched alkanes of at least 4 members (excludes halogenated alkanes) is 8. The van der Waals surface area contributed by atoms with Gasteiger partial charge in [0.1, 0.15) is 0 Å². The molecule has 0 bridgehead atoms. The first-order valence-corrected chi connectivity index (χ1v) is 9.24. The minimum absolute atomic E-state index is 0.679. The van der Waals surface area contributed by atoms with Crippen LogP contribution in [-0.4, -0.2) is 0 Å². The Morgan fingerprint density at radius 3 is 1.37 bits per heavy atom. The molecule has 0 aliphatic rings. The van der Waals surface area contributed by atoms with Crippen molar-refractivity contribution in [1.82, 2.24) is 0 Å². The van der Waals surface area contributed by atoms with E-state index in [9.17, 15) is 0 Å². The average molecular weight is 269 g/mol. The van der Waals surface area contributed by atoms with Crippen LogP contribution in [0.2, 0.25) is 0 Å². The highest BCUT2D eigenvalue weighted by Gasteiger charge is 2.24. The molecular weight excluding hydrogens is 228 g/mol. The standard InChI is InChI=1S/C19H40/c1-5-9-11-12-13-14-15-16-18-19(7-3,8-4)17-10-6-2/h5-18H2,1-4H3. The number of rotatable bonds is 14. The fourth-order valence-electron chi connectivity index (χ4n) is 3.27. The first-order valence-electron chi connectivity index (χ1n) is 9.24. The van der Waals surface area contributed by atoms with Crippen molar-refractivity contribution in [1.29, 1.82) is 0 Å². The molecule has 0 radical (unpaired) electrons. The van der Waals surface area contributed by atoms with E-state index >= 15 is 0 Å². The summed E-state index contributed by atoms with van der Waals surface area (Å²) in [6, 6.07) is 0. The lowest BCUT2D eigenvalue weighted by atomic mass is 9.74. The van der Waals surface area contributed by atoms with Crippen LogP contribution >= 0.6 is 0 Å². The molecule has 0 rings (SSSR count). The van der Waals surface area contributed by atoms with E-state index in [0.717, 1.165) is 0 Å². The molecule has 0 aromatic carbocycles. The minimum Gasteiger partial charge on any atom is -0.0654 e. The van der Waals surface area contributed by atoms with Crippen LogP contribution in [0.25, 0.3) is 0 Å². The Labute approximate surface area is 123 Å². The van der Waals surface area contributed by atoms with Crippen LogP contribution in [0.1, 0.15) is 118 Å². The van der Waals surface area contributed by atoms with Crippen LogP contribution in [-0.2, 0) is 0 Å². The largest absolute Gasteiger partial charge is 0.0654 e. The van der Waals surface area contributed by atoms with Crippen molar-refractivity contribution in [2.24, 2.45) is 5.41 Å². The maximum atomic E-state index is 2.41. The second kappa shape index (κ2) is 13.0. The number of hydrogen-bond donors (Lipinski definition) is 0. The highest BCUT2D eigenvalue weighted by atomic mass is 14.3. The summed E-state index contributed by atoms with van der Waals surface area (Å²) in [6.45, 7) is 9.44. The van der Waals surface area contributed by atoms with Gasteiger partial charge in [0.15, 0.2) is 0 Å². The van der Waals surface area contributed by atoms with Crippen LogP contribution < -0.4 is 0 Å². The zero-order valence-corrected chi connectivity index (χ0v) is 14.4. The third-order valence-corrected chi connectivity index (χ3v) is 5.12. The Morgan fingerprint density at radius 2 is 0.895 bits per heavy atom. The monoisotopic (exact) mass is 268 g/mol. The van der Waals surface area contributed by atoms with Crippen molar-refractivity contribution in [2.75, 3.05) is 0 Å². The zero-order valence-electron chi connectivity index (χ0n) is 14.4. The van der Waals surface area contributed by atoms with E-state index in [4.69, 9.17) is 0 Å². The summed E-state index contributed by atoms with van der Waals surface area (Å²) >= 11 is 0. The van der Waals surface area contributed by atoms with Crippen molar-refractivity contribution >= 4 is 0 Å². The van der Waals surface area contributed by atoms with Gasteiger partial charge < -0.3 is 0 Å². The molecule has 0 fully saturated rings. The molecule has 0 aromatic heterocycles. The first kappa shape index (κ1) is 19.0. The highest BCUT2D eigenvalue weighted by molar-refractivity contribution is 4.76. The van der Waals surface area contributed by atoms with E-state index in [-0.39, 0.29) is 0 Å². The third-order valence-electron chi connectivity index (χ3n) is 5.12. The van der Waals surface area contributed by atoms with Gasteiger partial charge in [0.05, 0.1) is 0 Å². The first-order chi connectivity index (χ1) is 9.24. The molecule has 0 heterocycles. The SMILES string of the molecule is CCCCCCCCCCC(CC)(CC)CCCC. The van der Waals surface area contributed by atoms with Crippen LogP contribution in [0.3, 0.4) is 0 Å². The molecule has 0 amide bonds. The molecule has 19 heavy (non-hydrogen) atoms. The van der Waals surface area contributed by atoms with Crippen molar-refractivity contribution in [2.45, 2.75) is 118 Å². The van der Waals surface area contributed by atoms with Gasteiger partial charge in [-0.1, -0.05) is 105 Å². The van der Waals surface area contributed by atoms with Gasteiger partial charge in [0, 0.05) is 0 Å². The Kier molecular flexibility index (Phi) is 13.0. The summed E-state index contributed by atoms with van der Waals surface area (Å²) in [4.78, 5) is 0. The van der Waals surface area contributed by atoms with Gasteiger partial charge >= 0.3 is 0 Å². The van der Waals surface area contributed by atoms with Gasteiger partial charge in [-0.25, -0.2) is 0 Å². The summed E-state index contributed by atoms with van der Waals surface area (Å²) in [5.74, 6) is 0. The molecule has 0 aliphatic carbocycles. The molecule has 0 spiro atoms. The zero-order chi connectivity index (χ0) is 14.4. The summed E-state index contributed by atoms with van der Waals surface area (Å²) in [7, 11) is 0. The Hall–Kier alpha value is 0. The smallest absolute Gasteiger partial charge is 0.0303 e. The van der Waals surface area contributed by atoms with Gasteiger partial charge in [-0.15, -0.1) is 0 Å². The molecule has 0 unspecified atom stereocenters. The van der Waals surface area contributed by atoms with Crippen molar-refractivity contribution in [3.63, 3.8) is 0 Å². The second-order valence-electron chi connectivity index (χ2n) is 6.54.